The van der Waals surface area contributed by atoms with Gasteiger partial charge < -0.3 is 23.4 Å². The highest BCUT2D eigenvalue weighted by atomic mass is 28.4. The van der Waals surface area contributed by atoms with Crippen LogP contribution in [0.2, 0.25) is 36.3 Å². The lowest BCUT2D eigenvalue weighted by Gasteiger charge is -2.39. The minimum absolute atomic E-state index is 0. The second kappa shape index (κ2) is 16.9. The fourth-order valence-corrected chi connectivity index (χ4v) is 4.72. The Hall–Kier alpha value is 0.234. The van der Waals surface area contributed by atoms with Gasteiger partial charge in [0.15, 0.2) is 16.6 Å². The molecule has 0 saturated heterocycles. The highest BCUT2D eigenvalue weighted by Gasteiger charge is 2.41. The maximum Gasteiger partial charge on any atom is 0.192 e. The van der Waals surface area contributed by atoms with E-state index in [4.69, 9.17) is 18.3 Å². The van der Waals surface area contributed by atoms with E-state index in [1.807, 2.05) is 20.8 Å². The molecule has 0 spiro atoms. The molecular weight excluding hydrogens is 460 g/mol. The summed E-state index contributed by atoms with van der Waals surface area (Å²) >= 11 is 0. The molecule has 0 bridgehead atoms. The highest BCUT2D eigenvalue weighted by Crippen LogP contribution is 2.37. The zero-order valence-corrected chi connectivity index (χ0v) is 24.3. The van der Waals surface area contributed by atoms with Crippen LogP contribution in [0.1, 0.15) is 98.4 Å². The molecule has 0 aromatic rings. The third kappa shape index (κ3) is 13.0. The highest BCUT2D eigenvalue weighted by molar-refractivity contribution is 6.74. The second-order valence-electron chi connectivity index (χ2n) is 11.6. The van der Waals surface area contributed by atoms with Crippen molar-refractivity contribution >= 4 is 16.6 Å². The van der Waals surface area contributed by atoms with Gasteiger partial charge in [0, 0.05) is 0 Å². The number of hydrogen-bond donors (Lipinski definition) is 1. The van der Waals surface area contributed by atoms with Crippen molar-refractivity contribution in [2.24, 2.45) is 0 Å². The van der Waals surface area contributed by atoms with E-state index < -0.39 is 22.2 Å². The monoisotopic (exact) mass is 528 g/mol. The smallest absolute Gasteiger partial charge is 0.192 e. The van der Waals surface area contributed by atoms with Crippen LogP contribution in [-0.2, 0) is 18.3 Å². The summed E-state index contributed by atoms with van der Waals surface area (Å²) in [6, 6.07) is 0. The topological polar surface area (TPSA) is 57.2 Å². The summed E-state index contributed by atoms with van der Waals surface area (Å²) in [6.07, 6.45) is -0.134. The number of aliphatic hydroxyl groups is 1. The maximum atomic E-state index is 11.2. The van der Waals surface area contributed by atoms with Gasteiger partial charge >= 0.3 is 0 Å². The standard InChI is InChI=1S/C23H52O5Si2.4CH4/c1-14-23(24,19(2)25-15-17-27-29(10,11)21(4,5)6)20(3)26-16-18-28-30(12,13)22(7,8)9;;;;/h19-20,24H,14-18H2,1-13H3;4*1H4. The van der Waals surface area contributed by atoms with Crippen molar-refractivity contribution in [3.8, 4) is 0 Å². The van der Waals surface area contributed by atoms with Gasteiger partial charge in [0.25, 0.3) is 0 Å². The quantitative estimate of drug-likeness (QED) is 0.192. The largest absolute Gasteiger partial charge is 0.414 e. The van der Waals surface area contributed by atoms with E-state index in [0.717, 1.165) is 0 Å². The molecule has 7 heteroatoms. The first-order valence-corrected chi connectivity index (χ1v) is 17.4. The summed E-state index contributed by atoms with van der Waals surface area (Å²) in [6.45, 7) is 30.2. The van der Waals surface area contributed by atoms with Crippen LogP contribution in [0.3, 0.4) is 0 Å². The first kappa shape index (κ1) is 44.2. The molecule has 0 aliphatic carbocycles. The molecule has 2 unspecified atom stereocenters. The van der Waals surface area contributed by atoms with E-state index in [9.17, 15) is 5.11 Å². The van der Waals surface area contributed by atoms with Crippen LogP contribution < -0.4 is 0 Å². The number of ether oxygens (including phenoxy) is 2. The predicted molar refractivity (Wildman–Crippen MR) is 159 cm³/mol. The van der Waals surface area contributed by atoms with Crippen LogP contribution in [0, 0.1) is 0 Å². The Balaban J connectivity index is -0.000000701. The minimum atomic E-state index is -1.78. The zero-order chi connectivity index (χ0) is 24.0. The van der Waals surface area contributed by atoms with Gasteiger partial charge in [0.1, 0.15) is 5.60 Å². The van der Waals surface area contributed by atoms with Crippen LogP contribution in [0.15, 0.2) is 0 Å². The minimum Gasteiger partial charge on any atom is -0.414 e. The molecule has 1 N–H and O–H groups in total. The fraction of sp³-hybridized carbons (Fsp3) is 1.00. The number of hydrogen-bond acceptors (Lipinski definition) is 5. The van der Waals surface area contributed by atoms with Gasteiger partial charge in [-0.25, -0.2) is 0 Å². The summed E-state index contributed by atoms with van der Waals surface area (Å²) in [7, 11) is -3.56. The normalized spacial score (nSPS) is 16.1. The lowest BCUT2D eigenvalue weighted by molar-refractivity contribution is -0.176. The molecule has 0 aliphatic heterocycles. The molecular formula is C27H68O5Si2. The molecule has 0 aromatic heterocycles. The van der Waals surface area contributed by atoms with Crippen LogP contribution in [0.25, 0.3) is 0 Å². The van der Waals surface area contributed by atoms with Crippen LogP contribution in [-0.4, -0.2) is 66.0 Å². The molecule has 0 heterocycles. The Morgan fingerprint density at radius 3 is 1.09 bits per heavy atom. The summed E-state index contributed by atoms with van der Waals surface area (Å²) < 4.78 is 24.3. The lowest BCUT2D eigenvalue weighted by atomic mass is 9.89. The van der Waals surface area contributed by atoms with Gasteiger partial charge in [0.2, 0.25) is 0 Å². The van der Waals surface area contributed by atoms with Crippen molar-refractivity contribution in [2.75, 3.05) is 26.4 Å². The molecule has 2 atom stereocenters. The third-order valence-electron chi connectivity index (χ3n) is 7.41. The summed E-state index contributed by atoms with van der Waals surface area (Å²) in [5.41, 5.74) is -1.05. The average molecular weight is 529 g/mol. The first-order chi connectivity index (χ1) is 13.3. The van der Waals surface area contributed by atoms with Crippen molar-refractivity contribution in [3.05, 3.63) is 0 Å². The van der Waals surface area contributed by atoms with Crippen molar-refractivity contribution in [3.63, 3.8) is 0 Å². The Bertz CT molecular complexity index is 456. The SMILES string of the molecule is C.C.C.C.CCC(O)(C(C)OCCO[Si](C)(C)C(C)(C)C)C(C)OCCO[Si](C)(C)C(C)(C)C. The Morgan fingerprint density at radius 1 is 0.618 bits per heavy atom. The maximum absolute atomic E-state index is 11.2. The molecule has 0 amide bonds. The van der Waals surface area contributed by atoms with Gasteiger partial charge in [-0.1, -0.05) is 78.2 Å². The molecule has 0 radical (unpaired) electrons. The number of rotatable bonds is 13. The van der Waals surface area contributed by atoms with Crippen molar-refractivity contribution in [2.45, 2.75) is 153 Å². The van der Waals surface area contributed by atoms with Gasteiger partial charge in [-0.15, -0.1) is 0 Å². The van der Waals surface area contributed by atoms with Crippen molar-refractivity contribution in [1.29, 1.82) is 0 Å². The van der Waals surface area contributed by atoms with E-state index in [1.165, 1.54) is 0 Å². The van der Waals surface area contributed by atoms with E-state index in [0.29, 0.717) is 32.8 Å². The zero-order valence-electron chi connectivity index (χ0n) is 22.3. The summed E-state index contributed by atoms with van der Waals surface area (Å²) in [5.74, 6) is 0. The van der Waals surface area contributed by atoms with Crippen LogP contribution in [0.5, 0.6) is 0 Å². The Morgan fingerprint density at radius 2 is 0.882 bits per heavy atom. The van der Waals surface area contributed by atoms with Crippen LogP contribution in [0.4, 0.5) is 0 Å². The van der Waals surface area contributed by atoms with E-state index in [2.05, 4.69) is 67.7 Å². The van der Waals surface area contributed by atoms with E-state index in [-0.39, 0.29) is 52.0 Å². The predicted octanol–water partition coefficient (Wildman–Crippen LogP) is 8.53. The molecule has 0 aliphatic rings. The molecule has 214 valence electrons. The molecule has 5 nitrogen and oxygen atoms in total. The summed E-state index contributed by atoms with van der Waals surface area (Å²) in [4.78, 5) is 0. The van der Waals surface area contributed by atoms with Gasteiger partial charge in [-0.05, 0) is 56.5 Å². The second-order valence-corrected chi connectivity index (χ2v) is 21.2. The molecule has 0 saturated carbocycles. The van der Waals surface area contributed by atoms with Gasteiger partial charge in [-0.3, -0.25) is 0 Å². The fourth-order valence-electron chi connectivity index (χ4n) is 2.67. The van der Waals surface area contributed by atoms with Crippen molar-refractivity contribution in [1.82, 2.24) is 0 Å². The summed E-state index contributed by atoms with van der Waals surface area (Å²) in [5, 5.41) is 11.6. The van der Waals surface area contributed by atoms with Crippen LogP contribution >= 0.6 is 0 Å². The van der Waals surface area contributed by atoms with Gasteiger partial charge in [-0.2, -0.15) is 0 Å². The molecule has 0 rings (SSSR count). The molecule has 0 fully saturated rings. The van der Waals surface area contributed by atoms with Gasteiger partial charge in [0.05, 0.1) is 38.6 Å². The van der Waals surface area contributed by atoms with E-state index in [1.54, 1.807) is 0 Å². The van der Waals surface area contributed by atoms with Crippen molar-refractivity contribution < 1.29 is 23.4 Å². The van der Waals surface area contributed by atoms with E-state index >= 15 is 0 Å². The Kier molecular flexibility index (Phi) is 22.0. The Labute approximate surface area is 219 Å². The third-order valence-corrected chi connectivity index (χ3v) is 16.5. The molecule has 0 aromatic carbocycles. The molecule has 34 heavy (non-hydrogen) atoms. The lowest BCUT2D eigenvalue weighted by Crippen LogP contribution is -2.52. The average Bonchev–Trinajstić information content (AvgIpc) is 2.59. The first-order valence-electron chi connectivity index (χ1n) is 11.6.